The molecule has 0 atom stereocenters. The summed E-state index contributed by atoms with van der Waals surface area (Å²) in [7, 11) is 0. The zero-order chi connectivity index (χ0) is 18.4. The summed E-state index contributed by atoms with van der Waals surface area (Å²) in [6.45, 7) is 13.3. The van der Waals surface area contributed by atoms with Crippen LogP contribution in [0.25, 0.3) is 0 Å². The fraction of sp³-hybridized carbons (Fsp3) is 0.619. The molecule has 0 spiro atoms. The summed E-state index contributed by atoms with van der Waals surface area (Å²) in [5.74, 6) is 0.870. The van der Waals surface area contributed by atoms with Gasteiger partial charge in [0, 0.05) is 39.0 Å². The zero-order valence-corrected chi connectivity index (χ0v) is 16.2. The molecule has 1 aromatic rings. The Morgan fingerprint density at radius 3 is 1.64 bits per heavy atom. The molecule has 0 radical (unpaired) electrons. The van der Waals surface area contributed by atoms with Crippen molar-refractivity contribution >= 4 is 11.8 Å². The smallest absolute Gasteiger partial charge is 0.223 e. The van der Waals surface area contributed by atoms with E-state index in [0.29, 0.717) is 44.9 Å². The molecule has 4 heteroatoms. The molecule has 0 unspecified atom stereocenters. The Labute approximate surface area is 151 Å². The van der Waals surface area contributed by atoms with E-state index in [2.05, 4.69) is 46.8 Å². The Morgan fingerprint density at radius 2 is 1.28 bits per heavy atom. The highest BCUT2D eigenvalue weighted by Gasteiger charge is 2.30. The molecule has 0 bridgehead atoms. The number of carbonyl (C=O) groups excluding carboxylic acids is 2. The summed E-state index contributed by atoms with van der Waals surface area (Å²) in [6.07, 6.45) is 1.20. The molecule has 0 fully saturated rings. The Morgan fingerprint density at radius 1 is 0.880 bits per heavy atom. The minimum absolute atomic E-state index is 0.0187. The average molecular weight is 342 g/mol. The van der Waals surface area contributed by atoms with Gasteiger partial charge in [-0.05, 0) is 33.6 Å². The van der Waals surface area contributed by atoms with Crippen LogP contribution < -0.4 is 0 Å². The normalized spacial score (nSPS) is 16.4. The van der Waals surface area contributed by atoms with Gasteiger partial charge < -0.3 is 9.80 Å². The molecule has 2 heterocycles. The topological polar surface area (TPSA) is 40.6 Å². The number of carbonyl (C=O) groups is 2. The summed E-state index contributed by atoms with van der Waals surface area (Å²) in [6, 6.07) is 4.44. The van der Waals surface area contributed by atoms with E-state index >= 15 is 0 Å². The predicted octanol–water partition coefficient (Wildman–Crippen LogP) is 3.85. The number of rotatable bonds is 3. The van der Waals surface area contributed by atoms with Gasteiger partial charge in [0.15, 0.2) is 0 Å². The Bertz CT molecular complexity index is 666. The Hall–Kier alpha value is -1.84. The molecule has 3 rings (SSSR count). The van der Waals surface area contributed by atoms with Crippen LogP contribution in [-0.2, 0) is 35.8 Å². The van der Waals surface area contributed by atoms with E-state index in [0.717, 1.165) is 0 Å². The maximum Gasteiger partial charge on any atom is 0.223 e. The lowest BCUT2D eigenvalue weighted by Crippen LogP contribution is -2.29. The van der Waals surface area contributed by atoms with Crippen LogP contribution in [0.1, 0.15) is 69.7 Å². The van der Waals surface area contributed by atoms with Crippen LogP contribution in [0, 0.1) is 11.3 Å². The monoisotopic (exact) mass is 342 g/mol. The lowest BCUT2D eigenvalue weighted by atomic mass is 9.92. The van der Waals surface area contributed by atoms with Crippen LogP contribution in [-0.4, -0.2) is 21.6 Å². The van der Waals surface area contributed by atoms with Gasteiger partial charge in [0.25, 0.3) is 0 Å². The van der Waals surface area contributed by atoms with Crippen molar-refractivity contribution in [1.29, 1.82) is 0 Å². The molecule has 136 valence electrons. The molecule has 2 amide bonds. The maximum atomic E-state index is 12.5. The van der Waals surface area contributed by atoms with E-state index in [9.17, 15) is 9.59 Å². The van der Waals surface area contributed by atoms with Crippen molar-refractivity contribution in [3.63, 3.8) is 0 Å². The third kappa shape index (κ3) is 4.05. The van der Waals surface area contributed by atoms with E-state index in [4.69, 9.17) is 0 Å². The lowest BCUT2D eigenvalue weighted by molar-refractivity contribution is -0.134. The molecule has 4 nitrogen and oxygen atoms in total. The molecule has 0 N–H and O–H groups in total. The number of hydrogen-bond donors (Lipinski definition) is 0. The van der Waals surface area contributed by atoms with E-state index in [-0.39, 0.29) is 17.2 Å². The Kier molecular flexibility index (Phi) is 4.65. The van der Waals surface area contributed by atoms with Gasteiger partial charge in [0.2, 0.25) is 11.8 Å². The fourth-order valence-electron chi connectivity index (χ4n) is 3.71. The first kappa shape index (κ1) is 18.0. The third-order valence-electron chi connectivity index (χ3n) is 4.94. The average Bonchev–Trinajstić information content (AvgIpc) is 3.04. The number of amides is 2. The van der Waals surface area contributed by atoms with Gasteiger partial charge >= 0.3 is 0 Å². The number of nitrogens with zero attached hydrogens (tertiary/aromatic N) is 2. The minimum Gasteiger partial charge on any atom is -0.334 e. The van der Waals surface area contributed by atoms with Crippen LogP contribution in [0.5, 0.6) is 0 Å². The number of benzene rings is 1. The van der Waals surface area contributed by atoms with Crippen molar-refractivity contribution in [2.24, 2.45) is 11.3 Å². The van der Waals surface area contributed by atoms with Crippen molar-refractivity contribution in [2.75, 3.05) is 0 Å². The van der Waals surface area contributed by atoms with Crippen molar-refractivity contribution in [1.82, 2.24) is 9.80 Å². The predicted molar refractivity (Wildman–Crippen MR) is 98.5 cm³/mol. The van der Waals surface area contributed by atoms with Gasteiger partial charge in [-0.1, -0.05) is 46.8 Å². The molecule has 0 aromatic heterocycles. The van der Waals surface area contributed by atoms with Crippen molar-refractivity contribution in [3.05, 3.63) is 34.4 Å². The van der Waals surface area contributed by atoms with Crippen molar-refractivity contribution < 1.29 is 9.59 Å². The minimum atomic E-state index is 0.0187. The van der Waals surface area contributed by atoms with Gasteiger partial charge in [0.05, 0.1) is 0 Å². The Balaban J connectivity index is 1.68. The van der Waals surface area contributed by atoms with Crippen LogP contribution in [0.4, 0.5) is 0 Å². The first-order valence-electron chi connectivity index (χ1n) is 9.31. The van der Waals surface area contributed by atoms with Gasteiger partial charge in [-0.3, -0.25) is 9.59 Å². The zero-order valence-electron chi connectivity index (χ0n) is 16.2. The van der Waals surface area contributed by atoms with Gasteiger partial charge in [0.1, 0.15) is 0 Å². The van der Waals surface area contributed by atoms with Crippen LogP contribution in [0.3, 0.4) is 0 Å². The highest BCUT2D eigenvalue weighted by atomic mass is 16.2. The highest BCUT2D eigenvalue weighted by molar-refractivity contribution is 5.78. The van der Waals surface area contributed by atoms with Gasteiger partial charge in [-0.25, -0.2) is 0 Å². The summed E-state index contributed by atoms with van der Waals surface area (Å²) in [5, 5.41) is 0. The molecule has 2 aliphatic heterocycles. The van der Waals surface area contributed by atoms with Crippen molar-refractivity contribution in [2.45, 2.75) is 73.6 Å². The highest BCUT2D eigenvalue weighted by Crippen LogP contribution is 2.33. The molecule has 1 aromatic carbocycles. The second kappa shape index (κ2) is 6.47. The third-order valence-corrected chi connectivity index (χ3v) is 4.94. The molecular formula is C21H30N2O2. The van der Waals surface area contributed by atoms with Gasteiger partial charge in [-0.15, -0.1) is 0 Å². The largest absolute Gasteiger partial charge is 0.334 e. The second-order valence-corrected chi connectivity index (χ2v) is 9.22. The summed E-state index contributed by atoms with van der Waals surface area (Å²) < 4.78 is 0. The maximum absolute atomic E-state index is 12.5. The molecule has 0 saturated carbocycles. The van der Waals surface area contributed by atoms with Crippen LogP contribution in [0.15, 0.2) is 12.1 Å². The van der Waals surface area contributed by atoms with Crippen molar-refractivity contribution in [3.8, 4) is 0 Å². The molecule has 0 aliphatic carbocycles. The molecule has 25 heavy (non-hydrogen) atoms. The number of fused-ring (bicyclic) bond motifs is 2. The second-order valence-electron chi connectivity index (χ2n) is 9.22. The summed E-state index contributed by atoms with van der Waals surface area (Å²) in [5.41, 5.74) is 5.02. The van der Waals surface area contributed by atoms with E-state index in [1.54, 1.807) is 0 Å². The quantitative estimate of drug-likeness (QED) is 0.837. The molecule has 2 aliphatic rings. The number of hydrogen-bond acceptors (Lipinski definition) is 2. The lowest BCUT2D eigenvalue weighted by Gasteiger charge is -2.22. The van der Waals surface area contributed by atoms with E-state index in [1.807, 2.05) is 9.80 Å². The van der Waals surface area contributed by atoms with Gasteiger partial charge in [-0.2, -0.15) is 0 Å². The van der Waals surface area contributed by atoms with Crippen LogP contribution >= 0.6 is 0 Å². The summed E-state index contributed by atoms with van der Waals surface area (Å²) >= 11 is 0. The summed E-state index contributed by atoms with van der Waals surface area (Å²) in [4.78, 5) is 28.8. The SMILES string of the molecule is CC(C)CC(=O)N1Cc2cc3c(cc2C1)CN(C(=O)CC(C)(C)C)C3. The first-order valence-corrected chi connectivity index (χ1v) is 9.31. The standard InChI is InChI=1S/C21H30N2O2/c1-14(2)6-19(24)22-10-15-7-17-12-23(20(25)9-21(3,4)5)13-18(17)8-16(15)11-22/h7-8,14H,6,9-13H2,1-5H3. The first-order chi connectivity index (χ1) is 11.6. The van der Waals surface area contributed by atoms with Crippen LogP contribution in [0.2, 0.25) is 0 Å². The molecule has 0 saturated heterocycles. The molecular weight excluding hydrogens is 312 g/mol. The van der Waals surface area contributed by atoms with E-state index < -0.39 is 0 Å². The fourth-order valence-corrected chi connectivity index (χ4v) is 3.71. The van der Waals surface area contributed by atoms with E-state index in [1.165, 1.54) is 22.3 Å².